The van der Waals surface area contributed by atoms with E-state index in [1.54, 1.807) is 0 Å². The van der Waals surface area contributed by atoms with Gasteiger partial charge in [0.05, 0.1) is 6.42 Å². The van der Waals surface area contributed by atoms with Crippen molar-refractivity contribution < 1.29 is 44.4 Å². The van der Waals surface area contributed by atoms with Gasteiger partial charge in [-0.25, -0.2) is 14.4 Å². The highest BCUT2D eigenvalue weighted by molar-refractivity contribution is 6.32. The lowest BCUT2D eigenvalue weighted by Gasteiger charge is -1.88. The zero-order valence-corrected chi connectivity index (χ0v) is 8.90. The van der Waals surface area contributed by atoms with Gasteiger partial charge in [-0.05, 0) is 0 Å². The first-order valence-corrected chi connectivity index (χ1v) is 4.28. The van der Waals surface area contributed by atoms with Crippen LogP contribution in [-0.2, 0) is 24.0 Å². The molecule has 18 heavy (non-hydrogen) atoms. The van der Waals surface area contributed by atoms with E-state index < -0.39 is 42.5 Å². The Morgan fingerprint density at radius 3 is 1.33 bits per heavy atom. The van der Waals surface area contributed by atoms with E-state index in [1.165, 1.54) is 0 Å². The van der Waals surface area contributed by atoms with Crippen LogP contribution in [0.25, 0.3) is 0 Å². The predicted molar refractivity (Wildman–Crippen MR) is 53.9 cm³/mol. The third kappa shape index (κ3) is 15.7. The lowest BCUT2D eigenvalue weighted by atomic mass is 10.2. The second-order valence-electron chi connectivity index (χ2n) is 2.63. The van der Waals surface area contributed by atoms with E-state index in [0.717, 1.165) is 0 Å². The maximum Gasteiger partial charge on any atom is 0.372 e. The van der Waals surface area contributed by atoms with Crippen LogP contribution in [0.15, 0.2) is 12.2 Å². The number of carbonyl (C=O) groups excluding carboxylic acids is 1. The molecule has 0 saturated heterocycles. The van der Waals surface area contributed by atoms with Gasteiger partial charge in [0.15, 0.2) is 0 Å². The maximum atomic E-state index is 10.2. The zero-order chi connectivity index (χ0) is 14.7. The largest absolute Gasteiger partial charge is 0.481 e. The summed E-state index contributed by atoms with van der Waals surface area (Å²) in [7, 11) is 0. The highest BCUT2D eigenvalue weighted by Crippen LogP contribution is 1.89. The van der Waals surface area contributed by atoms with Crippen LogP contribution < -0.4 is 0 Å². The summed E-state index contributed by atoms with van der Waals surface area (Å²) in [5.41, 5.74) is 0. The molecule has 0 fully saturated rings. The van der Waals surface area contributed by atoms with E-state index in [-0.39, 0.29) is 0 Å². The molecule has 0 aliphatic carbocycles. The fourth-order valence-electron chi connectivity index (χ4n) is 0.470. The Labute approximate surface area is 100.0 Å². The van der Waals surface area contributed by atoms with Crippen molar-refractivity contribution in [3.63, 3.8) is 0 Å². The average molecular weight is 262 g/mol. The Bertz CT molecular complexity index is 363. The topological polar surface area (TPSA) is 166 Å². The van der Waals surface area contributed by atoms with Crippen LogP contribution >= 0.6 is 0 Å². The third-order valence-corrected chi connectivity index (χ3v) is 1.17. The third-order valence-electron chi connectivity index (χ3n) is 1.17. The van der Waals surface area contributed by atoms with Gasteiger partial charge in [-0.1, -0.05) is 0 Å². The van der Waals surface area contributed by atoms with Gasteiger partial charge < -0.3 is 20.4 Å². The van der Waals surface area contributed by atoms with Crippen LogP contribution in [0.5, 0.6) is 0 Å². The number of carboxylic acids is 4. The summed E-state index contributed by atoms with van der Waals surface area (Å²) in [6.07, 6.45) is 0.250. The second kappa shape index (κ2) is 9.51. The Morgan fingerprint density at radius 1 is 0.722 bits per heavy atom. The van der Waals surface area contributed by atoms with Gasteiger partial charge in [0, 0.05) is 18.6 Å². The number of Topliss-reactive ketones (excluding diaryl/α,β-unsaturated/α-hetero) is 1. The minimum absolute atomic E-state index is 0.425. The number of ketones is 1. The van der Waals surface area contributed by atoms with Gasteiger partial charge in [-0.3, -0.25) is 9.59 Å². The lowest BCUT2D eigenvalue weighted by molar-refractivity contribution is -0.149. The van der Waals surface area contributed by atoms with Crippen molar-refractivity contribution in [2.75, 3.05) is 0 Å². The molecule has 4 N–H and O–H groups in total. The first-order chi connectivity index (χ1) is 8.16. The van der Waals surface area contributed by atoms with E-state index in [4.69, 9.17) is 20.4 Å². The molecule has 0 bridgehead atoms. The summed E-state index contributed by atoms with van der Waals surface area (Å²) in [5, 5.41) is 31.6. The summed E-state index contributed by atoms with van der Waals surface area (Å²) in [6, 6.07) is 0. The van der Waals surface area contributed by atoms with Crippen molar-refractivity contribution >= 4 is 29.7 Å². The lowest BCUT2D eigenvalue weighted by Crippen LogP contribution is -2.13. The van der Waals surface area contributed by atoms with Crippen molar-refractivity contribution in [1.29, 1.82) is 0 Å². The zero-order valence-electron chi connectivity index (χ0n) is 8.90. The first-order valence-electron chi connectivity index (χ1n) is 4.28. The number of aliphatic carboxylic acids is 4. The molecule has 0 saturated carbocycles. The molecular formula is C9H10O9. The van der Waals surface area contributed by atoms with Crippen LogP contribution in [0.4, 0.5) is 0 Å². The minimum Gasteiger partial charge on any atom is -0.481 e. The Morgan fingerprint density at radius 2 is 1.11 bits per heavy atom. The van der Waals surface area contributed by atoms with Crippen LogP contribution in [0.3, 0.4) is 0 Å². The number of hydrogen-bond acceptors (Lipinski definition) is 5. The molecule has 0 aromatic carbocycles. The molecule has 100 valence electrons. The average Bonchev–Trinajstić information content (AvgIpc) is 2.23. The molecule has 0 aromatic rings. The highest BCUT2D eigenvalue weighted by Gasteiger charge is 2.12. The van der Waals surface area contributed by atoms with E-state index >= 15 is 0 Å². The van der Waals surface area contributed by atoms with Crippen LogP contribution in [0.2, 0.25) is 0 Å². The number of hydrogen-bond donors (Lipinski definition) is 4. The monoisotopic (exact) mass is 262 g/mol. The van der Waals surface area contributed by atoms with Crippen LogP contribution in [-0.4, -0.2) is 50.1 Å². The van der Waals surface area contributed by atoms with Crippen LogP contribution in [0, 0.1) is 0 Å². The van der Waals surface area contributed by atoms with Crippen molar-refractivity contribution in [3.05, 3.63) is 12.2 Å². The molecule has 0 aromatic heterocycles. The Balaban J connectivity index is 0. The quantitative estimate of drug-likeness (QED) is 0.354. The summed E-state index contributed by atoms with van der Waals surface area (Å²) in [6.45, 7) is 0. The molecule has 9 nitrogen and oxygen atoms in total. The van der Waals surface area contributed by atoms with Crippen molar-refractivity contribution in [3.8, 4) is 0 Å². The van der Waals surface area contributed by atoms with Gasteiger partial charge in [0.1, 0.15) is 0 Å². The Hall–Kier alpha value is -2.71. The molecule has 9 heteroatoms. The van der Waals surface area contributed by atoms with Gasteiger partial charge in [-0.2, -0.15) is 0 Å². The van der Waals surface area contributed by atoms with E-state index in [2.05, 4.69) is 0 Å². The molecule has 0 heterocycles. The Kier molecular flexibility index (Phi) is 9.34. The molecule has 0 rings (SSSR count). The van der Waals surface area contributed by atoms with Gasteiger partial charge >= 0.3 is 23.9 Å². The number of carbonyl (C=O) groups is 5. The SMILES string of the molecule is O=C(O)/C=C/C(=O)O.O=C(O)CCC(=O)C(=O)O. The summed E-state index contributed by atoms with van der Waals surface area (Å²) >= 11 is 0. The number of rotatable bonds is 6. The van der Waals surface area contributed by atoms with Crippen molar-refractivity contribution in [1.82, 2.24) is 0 Å². The van der Waals surface area contributed by atoms with Gasteiger partial charge in [0.2, 0.25) is 5.78 Å². The molecule has 0 aliphatic rings. The molecule has 0 radical (unpaired) electrons. The first kappa shape index (κ1) is 17.7. The van der Waals surface area contributed by atoms with Gasteiger partial charge in [-0.15, -0.1) is 0 Å². The minimum atomic E-state index is -1.58. The van der Waals surface area contributed by atoms with Crippen LogP contribution in [0.1, 0.15) is 12.8 Å². The maximum absolute atomic E-state index is 10.2. The molecule has 0 spiro atoms. The molecule has 0 unspecified atom stereocenters. The molecule has 0 atom stereocenters. The summed E-state index contributed by atoms with van der Waals surface area (Å²) in [4.78, 5) is 48.8. The fraction of sp³-hybridized carbons (Fsp3) is 0.222. The molecule has 0 aliphatic heterocycles. The van der Waals surface area contributed by atoms with Crippen molar-refractivity contribution in [2.45, 2.75) is 12.8 Å². The van der Waals surface area contributed by atoms with E-state index in [9.17, 15) is 24.0 Å². The molecular weight excluding hydrogens is 252 g/mol. The number of carboxylic acid groups (broad SMARTS) is 4. The van der Waals surface area contributed by atoms with E-state index in [1.807, 2.05) is 0 Å². The summed E-state index contributed by atoms with van der Waals surface area (Å²) < 4.78 is 0. The smallest absolute Gasteiger partial charge is 0.372 e. The normalized spacial score (nSPS) is 9.11. The van der Waals surface area contributed by atoms with E-state index in [0.29, 0.717) is 12.2 Å². The fourth-order valence-corrected chi connectivity index (χ4v) is 0.470. The van der Waals surface area contributed by atoms with Gasteiger partial charge in [0.25, 0.3) is 0 Å². The van der Waals surface area contributed by atoms with Crippen molar-refractivity contribution in [2.24, 2.45) is 0 Å². The predicted octanol–water partition coefficient (Wildman–Crippen LogP) is -0.783. The molecule has 0 amide bonds. The second-order valence-corrected chi connectivity index (χ2v) is 2.63. The standard InChI is InChI=1S/C5H6O5.C4H4O4/c6-3(5(9)10)1-2-4(7)8;5-3(6)1-2-4(7)8/h1-2H2,(H,7,8)(H,9,10);1-2H,(H,5,6)(H,7,8)/b;2-1+. The summed E-state index contributed by atoms with van der Waals surface area (Å²) in [5.74, 6) is -6.34. The highest BCUT2D eigenvalue weighted by atomic mass is 16.4.